The predicted octanol–water partition coefficient (Wildman–Crippen LogP) is 4.40. The monoisotopic (exact) mass is 337 g/mol. The van der Waals surface area contributed by atoms with Gasteiger partial charge in [0.15, 0.2) is 0 Å². The second-order valence-electron chi connectivity index (χ2n) is 4.60. The van der Waals surface area contributed by atoms with E-state index in [-0.39, 0.29) is 5.91 Å². The number of carbonyl (C=O) groups is 1. The number of hydrogen-bond acceptors (Lipinski definition) is 2. The van der Waals surface area contributed by atoms with Crippen molar-refractivity contribution in [2.45, 2.75) is 20.4 Å². The Labute approximate surface area is 126 Å². The number of halogens is 1. The maximum atomic E-state index is 12.3. The summed E-state index contributed by atoms with van der Waals surface area (Å²) < 4.78 is 1.04. The van der Waals surface area contributed by atoms with Crippen LogP contribution >= 0.6 is 27.3 Å². The molecular formula is C15H16BrNOS. The third-order valence-corrected chi connectivity index (χ3v) is 5.00. The molecule has 0 unspecified atom stereocenters. The standard InChI is InChI=1S/C15H16BrNOS/c1-10-8-14(19-11(10)2)15(18)17(3)9-12-6-4-5-7-13(12)16/h4-8H,9H2,1-3H3. The normalized spacial score (nSPS) is 10.5. The molecular weight excluding hydrogens is 322 g/mol. The minimum atomic E-state index is 0.0805. The molecule has 0 fully saturated rings. The van der Waals surface area contributed by atoms with Gasteiger partial charge in [0, 0.05) is 22.9 Å². The molecule has 4 heteroatoms. The van der Waals surface area contributed by atoms with Gasteiger partial charge in [-0.05, 0) is 37.1 Å². The first kappa shape index (κ1) is 14.3. The van der Waals surface area contributed by atoms with Gasteiger partial charge in [-0.25, -0.2) is 0 Å². The van der Waals surface area contributed by atoms with Crippen molar-refractivity contribution < 1.29 is 4.79 Å². The number of nitrogens with zero attached hydrogens (tertiary/aromatic N) is 1. The Hall–Kier alpha value is -1.13. The lowest BCUT2D eigenvalue weighted by Gasteiger charge is -2.17. The van der Waals surface area contributed by atoms with Crippen LogP contribution in [0.25, 0.3) is 0 Å². The zero-order chi connectivity index (χ0) is 14.0. The molecule has 0 saturated heterocycles. The number of rotatable bonds is 3. The minimum Gasteiger partial charge on any atom is -0.337 e. The highest BCUT2D eigenvalue weighted by Gasteiger charge is 2.16. The van der Waals surface area contributed by atoms with E-state index in [1.165, 1.54) is 10.4 Å². The fourth-order valence-electron chi connectivity index (χ4n) is 1.82. The van der Waals surface area contributed by atoms with Crippen LogP contribution in [-0.4, -0.2) is 17.9 Å². The van der Waals surface area contributed by atoms with Crippen LogP contribution in [0.5, 0.6) is 0 Å². The highest BCUT2D eigenvalue weighted by atomic mass is 79.9. The lowest BCUT2D eigenvalue weighted by molar-refractivity contribution is 0.0789. The average Bonchev–Trinajstić information content (AvgIpc) is 2.71. The topological polar surface area (TPSA) is 20.3 Å². The van der Waals surface area contributed by atoms with Crippen molar-refractivity contribution in [2.75, 3.05) is 7.05 Å². The zero-order valence-electron chi connectivity index (χ0n) is 11.2. The number of benzene rings is 1. The van der Waals surface area contributed by atoms with E-state index in [1.807, 2.05) is 51.2 Å². The molecule has 0 saturated carbocycles. The highest BCUT2D eigenvalue weighted by Crippen LogP contribution is 2.23. The molecule has 0 radical (unpaired) electrons. The van der Waals surface area contributed by atoms with E-state index in [2.05, 4.69) is 15.9 Å². The Bertz CT molecular complexity index is 586. The molecule has 1 aromatic heterocycles. The van der Waals surface area contributed by atoms with Crippen molar-refractivity contribution in [3.63, 3.8) is 0 Å². The molecule has 100 valence electrons. The number of aryl methyl sites for hydroxylation is 2. The smallest absolute Gasteiger partial charge is 0.263 e. The summed E-state index contributed by atoms with van der Waals surface area (Å²) >= 11 is 5.07. The Balaban J connectivity index is 2.14. The van der Waals surface area contributed by atoms with E-state index in [9.17, 15) is 4.79 Å². The summed E-state index contributed by atoms with van der Waals surface area (Å²) in [5.41, 5.74) is 2.30. The van der Waals surface area contributed by atoms with Crippen LogP contribution in [0.15, 0.2) is 34.8 Å². The molecule has 1 heterocycles. The van der Waals surface area contributed by atoms with Gasteiger partial charge >= 0.3 is 0 Å². The lowest BCUT2D eigenvalue weighted by atomic mass is 10.2. The van der Waals surface area contributed by atoms with Crippen molar-refractivity contribution in [2.24, 2.45) is 0 Å². The fourth-order valence-corrected chi connectivity index (χ4v) is 3.26. The van der Waals surface area contributed by atoms with E-state index in [0.29, 0.717) is 6.54 Å². The van der Waals surface area contributed by atoms with Crippen LogP contribution in [0.1, 0.15) is 25.7 Å². The Morgan fingerprint density at radius 2 is 2.00 bits per heavy atom. The molecule has 0 spiro atoms. The minimum absolute atomic E-state index is 0.0805. The summed E-state index contributed by atoms with van der Waals surface area (Å²) in [4.78, 5) is 16.1. The Morgan fingerprint density at radius 3 is 2.58 bits per heavy atom. The van der Waals surface area contributed by atoms with Crippen molar-refractivity contribution >= 4 is 33.2 Å². The predicted molar refractivity (Wildman–Crippen MR) is 83.7 cm³/mol. The van der Waals surface area contributed by atoms with Crippen LogP contribution in [-0.2, 0) is 6.54 Å². The van der Waals surface area contributed by atoms with E-state index >= 15 is 0 Å². The molecule has 0 N–H and O–H groups in total. The van der Waals surface area contributed by atoms with E-state index in [4.69, 9.17) is 0 Å². The second-order valence-corrected chi connectivity index (χ2v) is 6.71. The highest BCUT2D eigenvalue weighted by molar-refractivity contribution is 9.10. The van der Waals surface area contributed by atoms with Crippen LogP contribution < -0.4 is 0 Å². The second kappa shape index (κ2) is 5.88. The van der Waals surface area contributed by atoms with Gasteiger partial charge in [0.1, 0.15) is 0 Å². The average molecular weight is 338 g/mol. The Morgan fingerprint density at radius 1 is 1.32 bits per heavy atom. The summed E-state index contributed by atoms with van der Waals surface area (Å²) in [6.07, 6.45) is 0. The molecule has 0 atom stereocenters. The van der Waals surface area contributed by atoms with Gasteiger partial charge in [0.2, 0.25) is 0 Å². The van der Waals surface area contributed by atoms with E-state index in [1.54, 1.807) is 16.2 Å². The van der Waals surface area contributed by atoms with Gasteiger partial charge in [-0.1, -0.05) is 34.1 Å². The number of thiophene rings is 1. The number of hydrogen-bond donors (Lipinski definition) is 0. The summed E-state index contributed by atoms with van der Waals surface area (Å²) in [7, 11) is 1.84. The van der Waals surface area contributed by atoms with Crippen LogP contribution in [0.4, 0.5) is 0 Å². The van der Waals surface area contributed by atoms with Crippen LogP contribution in [0.3, 0.4) is 0 Å². The SMILES string of the molecule is Cc1cc(C(=O)N(C)Cc2ccccc2Br)sc1C. The van der Waals surface area contributed by atoms with Crippen molar-refractivity contribution in [1.82, 2.24) is 4.90 Å². The molecule has 1 amide bonds. The van der Waals surface area contributed by atoms with Gasteiger partial charge < -0.3 is 4.90 Å². The molecule has 2 nitrogen and oxygen atoms in total. The van der Waals surface area contributed by atoms with Gasteiger partial charge in [0.25, 0.3) is 5.91 Å². The van der Waals surface area contributed by atoms with Gasteiger partial charge in [-0.3, -0.25) is 4.79 Å². The van der Waals surface area contributed by atoms with Gasteiger partial charge in [0.05, 0.1) is 4.88 Å². The number of amides is 1. The third-order valence-electron chi connectivity index (χ3n) is 3.09. The maximum absolute atomic E-state index is 12.3. The van der Waals surface area contributed by atoms with Gasteiger partial charge in [-0.15, -0.1) is 11.3 Å². The summed E-state index contributed by atoms with van der Waals surface area (Å²) in [6, 6.07) is 9.95. The van der Waals surface area contributed by atoms with Crippen molar-refractivity contribution in [1.29, 1.82) is 0 Å². The molecule has 1 aromatic carbocycles. The first-order valence-electron chi connectivity index (χ1n) is 6.05. The summed E-state index contributed by atoms with van der Waals surface area (Å²) in [6.45, 7) is 4.69. The summed E-state index contributed by atoms with van der Waals surface area (Å²) in [5, 5.41) is 0. The van der Waals surface area contributed by atoms with Gasteiger partial charge in [-0.2, -0.15) is 0 Å². The van der Waals surface area contributed by atoms with E-state index in [0.717, 1.165) is 14.9 Å². The molecule has 2 rings (SSSR count). The lowest BCUT2D eigenvalue weighted by Crippen LogP contribution is -2.25. The van der Waals surface area contributed by atoms with Crippen molar-refractivity contribution in [3.05, 3.63) is 55.7 Å². The van der Waals surface area contributed by atoms with Crippen LogP contribution in [0.2, 0.25) is 0 Å². The number of carbonyl (C=O) groups excluding carboxylic acids is 1. The third kappa shape index (κ3) is 3.25. The maximum Gasteiger partial charge on any atom is 0.263 e. The Kier molecular flexibility index (Phi) is 4.42. The van der Waals surface area contributed by atoms with Crippen LogP contribution in [0, 0.1) is 13.8 Å². The fraction of sp³-hybridized carbons (Fsp3) is 0.267. The van der Waals surface area contributed by atoms with E-state index < -0.39 is 0 Å². The van der Waals surface area contributed by atoms with Crippen molar-refractivity contribution in [3.8, 4) is 0 Å². The first-order chi connectivity index (χ1) is 8.99. The quantitative estimate of drug-likeness (QED) is 0.812. The molecule has 0 aliphatic rings. The molecule has 0 aliphatic carbocycles. The molecule has 0 aliphatic heterocycles. The molecule has 2 aromatic rings. The summed E-state index contributed by atoms with van der Waals surface area (Å²) in [5.74, 6) is 0.0805. The zero-order valence-corrected chi connectivity index (χ0v) is 13.6. The molecule has 0 bridgehead atoms. The molecule has 19 heavy (non-hydrogen) atoms. The first-order valence-corrected chi connectivity index (χ1v) is 7.66. The largest absolute Gasteiger partial charge is 0.337 e.